The van der Waals surface area contributed by atoms with Gasteiger partial charge in [-0.15, -0.1) is 0 Å². The summed E-state index contributed by atoms with van der Waals surface area (Å²) in [6, 6.07) is 15.7. The van der Waals surface area contributed by atoms with E-state index in [1.54, 1.807) is 13.2 Å². The summed E-state index contributed by atoms with van der Waals surface area (Å²) in [7, 11) is 1.56. The van der Waals surface area contributed by atoms with Crippen LogP contribution < -0.4 is 5.32 Å². The first-order valence-electron chi connectivity index (χ1n) is 6.62. The molecule has 0 radical (unpaired) electrons. The van der Waals surface area contributed by atoms with E-state index in [0.717, 1.165) is 16.3 Å². The van der Waals surface area contributed by atoms with E-state index in [2.05, 4.69) is 5.32 Å². The largest absolute Gasteiger partial charge is 0.383 e. The molecule has 0 fully saturated rings. The summed E-state index contributed by atoms with van der Waals surface area (Å²) in [5, 5.41) is 13.9. The third kappa shape index (κ3) is 3.91. The minimum absolute atomic E-state index is 0.0846. The molecule has 2 aromatic carbocycles. The van der Waals surface area contributed by atoms with Crippen LogP contribution in [-0.2, 0) is 9.53 Å². The van der Waals surface area contributed by atoms with Gasteiger partial charge in [-0.25, -0.2) is 0 Å². The molecule has 0 aliphatic rings. The highest BCUT2D eigenvalue weighted by molar-refractivity contribution is 6.02. The van der Waals surface area contributed by atoms with Crippen LogP contribution >= 0.6 is 0 Å². The predicted octanol–water partition coefficient (Wildman–Crippen LogP) is 2.51. The Labute approximate surface area is 123 Å². The third-order valence-corrected chi connectivity index (χ3v) is 3.04. The first-order valence-corrected chi connectivity index (χ1v) is 6.62. The summed E-state index contributed by atoms with van der Waals surface area (Å²) in [4.78, 5) is 11.9. The van der Waals surface area contributed by atoms with E-state index in [4.69, 9.17) is 10.00 Å². The molecule has 0 unspecified atom stereocenters. The van der Waals surface area contributed by atoms with Crippen molar-refractivity contribution in [3.05, 3.63) is 53.6 Å². The van der Waals surface area contributed by atoms with E-state index >= 15 is 0 Å². The maximum Gasteiger partial charge on any atom is 0.262 e. The van der Waals surface area contributed by atoms with Gasteiger partial charge >= 0.3 is 0 Å². The molecule has 4 nitrogen and oxygen atoms in total. The number of fused-ring (bicyclic) bond motifs is 1. The molecular weight excluding hydrogens is 264 g/mol. The minimum Gasteiger partial charge on any atom is -0.383 e. The Morgan fingerprint density at radius 1 is 1.29 bits per heavy atom. The predicted molar refractivity (Wildman–Crippen MR) is 82.4 cm³/mol. The summed E-state index contributed by atoms with van der Waals surface area (Å²) in [6.07, 6.45) is 1.59. The van der Waals surface area contributed by atoms with Crippen LogP contribution in [0.15, 0.2) is 48.0 Å². The van der Waals surface area contributed by atoms with Crippen LogP contribution in [0.4, 0.5) is 0 Å². The van der Waals surface area contributed by atoms with E-state index in [0.29, 0.717) is 13.2 Å². The molecule has 0 atom stereocenters. The van der Waals surface area contributed by atoms with Crippen molar-refractivity contribution in [2.24, 2.45) is 0 Å². The van der Waals surface area contributed by atoms with Gasteiger partial charge in [0.2, 0.25) is 0 Å². The number of hydrogen-bond acceptors (Lipinski definition) is 3. The number of nitrogens with one attached hydrogen (secondary N) is 1. The van der Waals surface area contributed by atoms with Gasteiger partial charge in [-0.1, -0.05) is 36.4 Å². The van der Waals surface area contributed by atoms with Gasteiger partial charge in [-0.2, -0.15) is 5.26 Å². The molecule has 21 heavy (non-hydrogen) atoms. The third-order valence-electron chi connectivity index (χ3n) is 3.04. The van der Waals surface area contributed by atoms with Gasteiger partial charge in [-0.05, 0) is 28.5 Å². The van der Waals surface area contributed by atoms with Crippen molar-refractivity contribution in [1.29, 1.82) is 5.26 Å². The molecule has 0 heterocycles. The number of rotatable bonds is 5. The fourth-order valence-electron chi connectivity index (χ4n) is 1.97. The second-order valence-electron chi connectivity index (χ2n) is 4.53. The number of carbonyl (C=O) groups is 1. The molecule has 0 saturated heterocycles. The summed E-state index contributed by atoms with van der Waals surface area (Å²) < 4.78 is 4.85. The van der Waals surface area contributed by atoms with Crippen LogP contribution in [0.2, 0.25) is 0 Å². The van der Waals surface area contributed by atoms with Crippen LogP contribution in [0, 0.1) is 11.3 Å². The SMILES string of the molecule is COCCNC(=O)/C(C#N)=C/c1ccc2ccccc2c1. The lowest BCUT2D eigenvalue weighted by Gasteiger charge is -2.04. The molecule has 0 aromatic heterocycles. The van der Waals surface area contributed by atoms with Gasteiger partial charge in [0.1, 0.15) is 11.6 Å². The fraction of sp³-hybridized carbons (Fsp3) is 0.176. The number of hydrogen-bond donors (Lipinski definition) is 1. The van der Waals surface area contributed by atoms with Crippen molar-refractivity contribution < 1.29 is 9.53 Å². The first kappa shape index (κ1) is 14.8. The highest BCUT2D eigenvalue weighted by Gasteiger charge is 2.08. The van der Waals surface area contributed by atoms with Crippen LogP contribution in [0.25, 0.3) is 16.8 Å². The maximum absolute atomic E-state index is 11.9. The lowest BCUT2D eigenvalue weighted by molar-refractivity contribution is -0.117. The number of benzene rings is 2. The van der Waals surface area contributed by atoms with Crippen molar-refractivity contribution in [2.75, 3.05) is 20.3 Å². The number of nitriles is 1. The Kier molecular flexibility index (Phi) is 5.08. The number of carbonyl (C=O) groups excluding carboxylic acids is 1. The Hall–Kier alpha value is -2.64. The second-order valence-corrected chi connectivity index (χ2v) is 4.53. The van der Waals surface area contributed by atoms with Crippen molar-refractivity contribution in [3.63, 3.8) is 0 Å². The number of amides is 1. The van der Waals surface area contributed by atoms with Crippen LogP contribution in [0.3, 0.4) is 0 Å². The molecule has 2 rings (SSSR count). The number of methoxy groups -OCH3 is 1. The zero-order valence-electron chi connectivity index (χ0n) is 11.8. The minimum atomic E-state index is -0.386. The van der Waals surface area contributed by atoms with Crippen molar-refractivity contribution >= 4 is 22.8 Å². The molecule has 0 spiro atoms. The lowest BCUT2D eigenvalue weighted by Crippen LogP contribution is -2.27. The monoisotopic (exact) mass is 280 g/mol. The molecule has 1 amide bonds. The lowest BCUT2D eigenvalue weighted by atomic mass is 10.1. The van der Waals surface area contributed by atoms with Gasteiger partial charge < -0.3 is 10.1 Å². The van der Waals surface area contributed by atoms with Crippen molar-refractivity contribution in [2.45, 2.75) is 0 Å². The van der Waals surface area contributed by atoms with Gasteiger partial charge in [0.05, 0.1) is 6.61 Å². The summed E-state index contributed by atoms with van der Waals surface area (Å²) in [5.74, 6) is -0.386. The normalized spacial score (nSPS) is 11.1. The molecule has 0 saturated carbocycles. The Balaban J connectivity index is 2.21. The van der Waals surface area contributed by atoms with Crippen LogP contribution in [0.1, 0.15) is 5.56 Å². The first-order chi connectivity index (χ1) is 10.2. The summed E-state index contributed by atoms with van der Waals surface area (Å²) in [6.45, 7) is 0.798. The van der Waals surface area contributed by atoms with E-state index in [-0.39, 0.29) is 11.5 Å². The van der Waals surface area contributed by atoms with E-state index < -0.39 is 0 Å². The Morgan fingerprint density at radius 2 is 2.05 bits per heavy atom. The molecule has 106 valence electrons. The second kappa shape index (κ2) is 7.22. The van der Waals surface area contributed by atoms with E-state index in [1.165, 1.54) is 0 Å². The maximum atomic E-state index is 11.9. The topological polar surface area (TPSA) is 62.1 Å². The molecule has 0 bridgehead atoms. The van der Waals surface area contributed by atoms with Gasteiger partial charge in [0, 0.05) is 13.7 Å². The van der Waals surface area contributed by atoms with Crippen LogP contribution in [0.5, 0.6) is 0 Å². The Morgan fingerprint density at radius 3 is 2.76 bits per heavy atom. The van der Waals surface area contributed by atoms with E-state index in [1.807, 2.05) is 48.5 Å². The molecular formula is C17H16N2O2. The molecule has 1 N–H and O–H groups in total. The summed E-state index contributed by atoms with van der Waals surface area (Å²) >= 11 is 0. The molecule has 0 aliphatic carbocycles. The average Bonchev–Trinajstić information content (AvgIpc) is 2.52. The average molecular weight is 280 g/mol. The molecule has 2 aromatic rings. The highest BCUT2D eigenvalue weighted by Crippen LogP contribution is 2.17. The van der Waals surface area contributed by atoms with Crippen molar-refractivity contribution in [1.82, 2.24) is 5.32 Å². The highest BCUT2D eigenvalue weighted by atomic mass is 16.5. The summed E-state index contributed by atoms with van der Waals surface area (Å²) in [5.41, 5.74) is 0.911. The zero-order valence-corrected chi connectivity index (χ0v) is 11.8. The van der Waals surface area contributed by atoms with Gasteiger partial charge in [0.25, 0.3) is 5.91 Å². The van der Waals surface area contributed by atoms with Gasteiger partial charge in [-0.3, -0.25) is 4.79 Å². The standard InChI is InChI=1S/C17H16N2O2/c1-21-9-8-19-17(20)16(12-18)11-13-6-7-14-4-2-3-5-15(14)10-13/h2-7,10-11H,8-9H2,1H3,(H,19,20)/b16-11+. The fourth-order valence-corrected chi connectivity index (χ4v) is 1.97. The Bertz CT molecular complexity index is 714. The van der Waals surface area contributed by atoms with Crippen LogP contribution in [-0.4, -0.2) is 26.2 Å². The number of nitrogens with zero attached hydrogens (tertiary/aromatic N) is 1. The van der Waals surface area contributed by atoms with Crippen molar-refractivity contribution in [3.8, 4) is 6.07 Å². The number of ether oxygens (including phenoxy) is 1. The molecule has 4 heteroatoms. The smallest absolute Gasteiger partial charge is 0.262 e. The van der Waals surface area contributed by atoms with Gasteiger partial charge in [0.15, 0.2) is 0 Å². The quantitative estimate of drug-likeness (QED) is 0.520. The molecule has 0 aliphatic heterocycles. The van der Waals surface area contributed by atoms with E-state index in [9.17, 15) is 4.79 Å². The zero-order chi connectivity index (χ0) is 15.1.